The summed E-state index contributed by atoms with van der Waals surface area (Å²) in [6, 6.07) is 0. The Morgan fingerprint density at radius 3 is 2.00 bits per heavy atom. The predicted octanol–water partition coefficient (Wildman–Crippen LogP) is 0.711. The molecule has 0 aromatic rings. The Morgan fingerprint density at radius 1 is 1.57 bits per heavy atom. The smallest absolute Gasteiger partial charge is 0.189 e. The van der Waals surface area contributed by atoms with Crippen molar-refractivity contribution in [1.82, 2.24) is 0 Å². The topological polar surface area (TPSA) is 38.4 Å². The summed E-state index contributed by atoms with van der Waals surface area (Å²) < 4.78 is 0. The van der Waals surface area contributed by atoms with E-state index >= 15 is 0 Å². The number of aliphatic imine (C=N–C) groups is 1. The molecule has 0 saturated heterocycles. The first-order valence-electron chi connectivity index (χ1n) is 1.94. The minimum atomic E-state index is 0.208. The number of nitrogens with zero attached hydrogens (tertiary/aromatic N) is 1. The number of hydrogen-bond donors (Lipinski definition) is 1. The zero-order chi connectivity index (χ0) is 5.86. The molecule has 0 aliphatic heterocycles. The molecule has 7 heavy (non-hydrogen) atoms. The summed E-state index contributed by atoms with van der Waals surface area (Å²) in [4.78, 5) is 3.70. The molecule has 0 saturated carbocycles. The number of hydrogen-bond acceptors (Lipinski definition) is 1. The second-order valence-corrected chi connectivity index (χ2v) is 1.82. The van der Waals surface area contributed by atoms with Crippen molar-refractivity contribution in [3.8, 4) is 0 Å². The highest BCUT2D eigenvalue weighted by Crippen LogP contribution is 1.73. The lowest BCUT2D eigenvalue weighted by atomic mass is 10.5. The van der Waals surface area contributed by atoms with E-state index in [4.69, 9.17) is 5.73 Å². The molecule has 2 nitrogen and oxygen atoms in total. The summed E-state index contributed by atoms with van der Waals surface area (Å²) >= 11 is 4.46. The molecule has 0 bridgehead atoms. The van der Waals surface area contributed by atoms with E-state index in [1.807, 2.05) is 13.8 Å². The van der Waals surface area contributed by atoms with Crippen molar-refractivity contribution in [3.05, 3.63) is 0 Å². The maximum Gasteiger partial charge on any atom is 0.189 e. The molecule has 0 fully saturated rings. The van der Waals surface area contributed by atoms with Crippen LogP contribution in [0.2, 0.25) is 0 Å². The quantitative estimate of drug-likeness (QED) is 0.374. The predicted molar refractivity (Wildman–Crippen MR) is 35.6 cm³/mol. The molecule has 2 N–H and O–H groups in total. The monoisotopic (exact) mass is 116 g/mol. The van der Waals surface area contributed by atoms with Gasteiger partial charge in [-0.15, -0.1) is 0 Å². The third-order valence-electron chi connectivity index (χ3n) is 0.334. The zero-order valence-electron chi connectivity index (χ0n) is 4.43. The van der Waals surface area contributed by atoms with Gasteiger partial charge >= 0.3 is 0 Å². The van der Waals surface area contributed by atoms with Crippen LogP contribution in [0, 0.1) is 0 Å². The first-order valence-corrected chi connectivity index (χ1v) is 2.35. The summed E-state index contributed by atoms with van der Waals surface area (Å²) in [5, 5.41) is 0.208. The molecule has 0 aliphatic rings. The molecular formula is C4H8N2S. The van der Waals surface area contributed by atoms with Gasteiger partial charge in [0.25, 0.3) is 0 Å². The van der Waals surface area contributed by atoms with E-state index in [1.165, 1.54) is 0 Å². The first kappa shape index (κ1) is 6.56. The molecule has 0 atom stereocenters. The first-order chi connectivity index (χ1) is 3.13. The summed E-state index contributed by atoms with van der Waals surface area (Å²) in [5.74, 6) is 0. The van der Waals surface area contributed by atoms with Crippen LogP contribution in [0.4, 0.5) is 0 Å². The lowest BCUT2D eigenvalue weighted by Crippen LogP contribution is -2.04. The molecule has 0 aliphatic carbocycles. The minimum absolute atomic E-state index is 0.208. The lowest BCUT2D eigenvalue weighted by molar-refractivity contribution is 1.55. The van der Waals surface area contributed by atoms with E-state index in [0.717, 1.165) is 5.71 Å². The summed E-state index contributed by atoms with van der Waals surface area (Å²) in [5.41, 5.74) is 5.93. The molecule has 0 aromatic heterocycles. The molecule has 3 heteroatoms. The molecule has 40 valence electrons. The third kappa shape index (κ3) is 5.56. The molecule has 0 spiro atoms. The average molecular weight is 116 g/mol. The van der Waals surface area contributed by atoms with Crippen molar-refractivity contribution in [2.45, 2.75) is 13.8 Å². The van der Waals surface area contributed by atoms with Crippen molar-refractivity contribution in [1.29, 1.82) is 0 Å². The maximum atomic E-state index is 5.04. The lowest BCUT2D eigenvalue weighted by Gasteiger charge is -1.84. The molecule has 0 amide bonds. The Bertz CT molecular complexity index is 102. The van der Waals surface area contributed by atoms with E-state index in [0.29, 0.717) is 0 Å². The molecule has 0 aromatic carbocycles. The largest absolute Gasteiger partial charge is 0.374 e. The van der Waals surface area contributed by atoms with E-state index < -0.39 is 0 Å². The summed E-state index contributed by atoms with van der Waals surface area (Å²) in [7, 11) is 0. The van der Waals surface area contributed by atoms with Crippen molar-refractivity contribution < 1.29 is 0 Å². The Morgan fingerprint density at radius 2 is 2.00 bits per heavy atom. The van der Waals surface area contributed by atoms with Crippen LogP contribution >= 0.6 is 12.2 Å². The maximum absolute atomic E-state index is 5.04. The standard InChI is InChI=1S/C4H8N2S/c1-3(2)6-4(5)7/h1-2H3,(H2,5,7). The van der Waals surface area contributed by atoms with Crippen molar-refractivity contribution in [2.24, 2.45) is 10.7 Å². The fourth-order valence-electron chi connectivity index (χ4n) is 0.220. The average Bonchev–Trinajstić information content (AvgIpc) is 1.27. The van der Waals surface area contributed by atoms with Gasteiger partial charge in [0, 0.05) is 5.71 Å². The van der Waals surface area contributed by atoms with E-state index in [2.05, 4.69) is 17.2 Å². The summed E-state index contributed by atoms with van der Waals surface area (Å²) in [6.07, 6.45) is 0. The van der Waals surface area contributed by atoms with Crippen LogP contribution in [-0.2, 0) is 0 Å². The highest BCUT2D eigenvalue weighted by Gasteiger charge is 1.77. The van der Waals surface area contributed by atoms with Gasteiger partial charge in [-0.3, -0.25) is 0 Å². The molecule has 0 unspecified atom stereocenters. The van der Waals surface area contributed by atoms with Gasteiger partial charge in [-0.2, -0.15) is 0 Å². The van der Waals surface area contributed by atoms with Gasteiger partial charge < -0.3 is 5.73 Å². The Kier molecular flexibility index (Phi) is 2.52. The molecule has 0 rings (SSSR count). The zero-order valence-corrected chi connectivity index (χ0v) is 5.25. The molecule has 0 heterocycles. The van der Waals surface area contributed by atoms with Crippen LogP contribution < -0.4 is 5.73 Å². The minimum Gasteiger partial charge on any atom is -0.374 e. The third-order valence-corrected chi connectivity index (χ3v) is 0.425. The van der Waals surface area contributed by atoms with Crippen LogP contribution in [-0.4, -0.2) is 10.8 Å². The Hall–Kier alpha value is -0.440. The van der Waals surface area contributed by atoms with Crippen LogP contribution in [0.5, 0.6) is 0 Å². The van der Waals surface area contributed by atoms with Gasteiger partial charge in [-0.25, -0.2) is 4.99 Å². The van der Waals surface area contributed by atoms with Crippen LogP contribution in [0.15, 0.2) is 4.99 Å². The van der Waals surface area contributed by atoms with E-state index in [-0.39, 0.29) is 5.11 Å². The second kappa shape index (κ2) is 2.69. The highest BCUT2D eigenvalue weighted by molar-refractivity contribution is 7.80. The van der Waals surface area contributed by atoms with Gasteiger partial charge in [0.1, 0.15) is 0 Å². The van der Waals surface area contributed by atoms with Gasteiger partial charge in [-0.1, -0.05) is 0 Å². The van der Waals surface area contributed by atoms with Crippen molar-refractivity contribution in [3.63, 3.8) is 0 Å². The molecular weight excluding hydrogens is 108 g/mol. The Labute approximate surface area is 48.4 Å². The molecule has 0 radical (unpaired) electrons. The van der Waals surface area contributed by atoms with Crippen LogP contribution in [0.3, 0.4) is 0 Å². The van der Waals surface area contributed by atoms with Crippen molar-refractivity contribution in [2.75, 3.05) is 0 Å². The Balaban J connectivity index is 3.68. The number of nitrogens with two attached hydrogens (primary N) is 1. The fraction of sp³-hybridized carbons (Fsp3) is 0.500. The van der Waals surface area contributed by atoms with Gasteiger partial charge in [0.2, 0.25) is 0 Å². The second-order valence-electron chi connectivity index (χ2n) is 1.40. The van der Waals surface area contributed by atoms with Gasteiger partial charge in [0.05, 0.1) is 0 Å². The van der Waals surface area contributed by atoms with Crippen molar-refractivity contribution >= 4 is 23.0 Å². The van der Waals surface area contributed by atoms with Crippen LogP contribution in [0.25, 0.3) is 0 Å². The fourth-order valence-corrected chi connectivity index (χ4v) is 0.403. The SMILES string of the molecule is CC(C)=NC(N)=S. The van der Waals surface area contributed by atoms with E-state index in [9.17, 15) is 0 Å². The normalized spacial score (nSPS) is 7.71. The van der Waals surface area contributed by atoms with E-state index in [1.54, 1.807) is 0 Å². The number of rotatable bonds is 0. The summed E-state index contributed by atoms with van der Waals surface area (Å²) in [6.45, 7) is 3.69. The van der Waals surface area contributed by atoms with Crippen LogP contribution in [0.1, 0.15) is 13.8 Å². The van der Waals surface area contributed by atoms with Gasteiger partial charge in [-0.05, 0) is 26.1 Å². The highest BCUT2D eigenvalue weighted by atomic mass is 32.1. The van der Waals surface area contributed by atoms with Gasteiger partial charge in [0.15, 0.2) is 5.11 Å². The number of thiocarbonyl (C=S) groups is 1.